The summed E-state index contributed by atoms with van der Waals surface area (Å²) in [6.45, 7) is 4.91. The van der Waals surface area contributed by atoms with E-state index in [1.165, 1.54) is 0 Å². The number of para-hydroxylation sites is 2. The summed E-state index contributed by atoms with van der Waals surface area (Å²) < 4.78 is 1.55. The summed E-state index contributed by atoms with van der Waals surface area (Å²) in [6.07, 6.45) is 5.33. The molecule has 0 unspecified atom stereocenters. The second-order valence-corrected chi connectivity index (χ2v) is 7.57. The van der Waals surface area contributed by atoms with Gasteiger partial charge in [-0.15, -0.1) is 0 Å². The van der Waals surface area contributed by atoms with Crippen molar-refractivity contribution in [2.24, 2.45) is 0 Å². The lowest BCUT2D eigenvalue weighted by atomic mass is 10.2. The molecule has 8 heteroatoms. The molecule has 0 atom stereocenters. The second-order valence-electron chi connectivity index (χ2n) is 7.57. The Hall–Kier alpha value is -3.65. The van der Waals surface area contributed by atoms with Crippen LogP contribution in [0.2, 0.25) is 0 Å². The highest BCUT2D eigenvalue weighted by Gasteiger charge is 2.18. The van der Waals surface area contributed by atoms with E-state index in [1.807, 2.05) is 42.6 Å². The first-order valence-corrected chi connectivity index (χ1v) is 10.4. The zero-order valence-corrected chi connectivity index (χ0v) is 17.1. The van der Waals surface area contributed by atoms with Gasteiger partial charge in [0.1, 0.15) is 5.82 Å². The standard InChI is InChI=1S/C23H23N7O/c31-23-8-7-19(18-4-3-9-24-16-18)27-30(23)15-12-28-10-13-29(14-11-28)22-17-25-20-5-1-2-6-21(20)26-22/h1-9,16-17H,10-15H2. The van der Waals surface area contributed by atoms with Gasteiger partial charge in [0.15, 0.2) is 0 Å². The predicted octanol–water partition coefficient (Wildman–Crippen LogP) is 2.07. The Morgan fingerprint density at radius 1 is 0.839 bits per heavy atom. The average molecular weight is 413 g/mol. The number of anilines is 1. The van der Waals surface area contributed by atoms with Crippen LogP contribution >= 0.6 is 0 Å². The minimum Gasteiger partial charge on any atom is -0.353 e. The molecule has 1 fully saturated rings. The lowest BCUT2D eigenvalue weighted by Gasteiger charge is -2.35. The van der Waals surface area contributed by atoms with Crippen LogP contribution in [0, 0.1) is 0 Å². The van der Waals surface area contributed by atoms with Crippen molar-refractivity contribution in [2.75, 3.05) is 37.6 Å². The quantitative estimate of drug-likeness (QED) is 0.495. The molecule has 1 aliphatic heterocycles. The van der Waals surface area contributed by atoms with E-state index in [2.05, 4.69) is 24.9 Å². The summed E-state index contributed by atoms with van der Waals surface area (Å²) in [4.78, 5) is 30.3. The van der Waals surface area contributed by atoms with Gasteiger partial charge < -0.3 is 4.90 Å². The molecular formula is C23H23N7O. The van der Waals surface area contributed by atoms with Crippen LogP contribution in [0.1, 0.15) is 0 Å². The first-order chi connectivity index (χ1) is 15.3. The van der Waals surface area contributed by atoms with Crippen molar-refractivity contribution in [2.45, 2.75) is 6.54 Å². The molecule has 31 heavy (non-hydrogen) atoms. The molecular weight excluding hydrogens is 390 g/mol. The molecule has 3 aromatic heterocycles. The smallest absolute Gasteiger partial charge is 0.266 e. The number of fused-ring (bicyclic) bond motifs is 1. The summed E-state index contributed by atoms with van der Waals surface area (Å²) in [5, 5.41) is 4.53. The third-order valence-corrected chi connectivity index (χ3v) is 5.58. The van der Waals surface area contributed by atoms with E-state index in [-0.39, 0.29) is 5.56 Å². The number of benzene rings is 1. The Morgan fingerprint density at radius 2 is 1.68 bits per heavy atom. The van der Waals surface area contributed by atoms with Gasteiger partial charge in [0.05, 0.1) is 29.5 Å². The number of hydrogen-bond acceptors (Lipinski definition) is 7. The van der Waals surface area contributed by atoms with E-state index in [9.17, 15) is 4.79 Å². The van der Waals surface area contributed by atoms with E-state index in [4.69, 9.17) is 4.98 Å². The summed E-state index contributed by atoms with van der Waals surface area (Å²) in [5.74, 6) is 0.917. The minimum absolute atomic E-state index is 0.0854. The van der Waals surface area contributed by atoms with Crippen molar-refractivity contribution in [3.05, 3.63) is 77.5 Å². The van der Waals surface area contributed by atoms with Crippen molar-refractivity contribution in [1.29, 1.82) is 0 Å². The number of rotatable bonds is 5. The van der Waals surface area contributed by atoms with Crippen molar-refractivity contribution < 1.29 is 0 Å². The van der Waals surface area contributed by atoms with Crippen LogP contribution in [0.3, 0.4) is 0 Å². The van der Waals surface area contributed by atoms with E-state index in [0.717, 1.165) is 60.8 Å². The van der Waals surface area contributed by atoms with Gasteiger partial charge in [-0.05, 0) is 30.3 Å². The third-order valence-electron chi connectivity index (χ3n) is 5.58. The van der Waals surface area contributed by atoms with Crippen molar-refractivity contribution >= 4 is 16.9 Å². The molecule has 4 aromatic rings. The number of hydrogen-bond donors (Lipinski definition) is 0. The summed E-state index contributed by atoms with van der Waals surface area (Å²) in [6, 6.07) is 15.1. The number of aromatic nitrogens is 5. The van der Waals surface area contributed by atoms with Crippen LogP contribution < -0.4 is 10.5 Å². The number of pyridine rings is 1. The molecule has 0 spiro atoms. The van der Waals surface area contributed by atoms with Crippen LogP contribution in [-0.2, 0) is 6.54 Å². The summed E-state index contributed by atoms with van der Waals surface area (Å²) in [7, 11) is 0. The van der Waals surface area contributed by atoms with Crippen LogP contribution in [0.4, 0.5) is 5.82 Å². The zero-order chi connectivity index (χ0) is 21.0. The fraction of sp³-hybridized carbons (Fsp3) is 0.261. The van der Waals surface area contributed by atoms with E-state index < -0.39 is 0 Å². The van der Waals surface area contributed by atoms with Crippen LogP contribution in [0.5, 0.6) is 0 Å². The van der Waals surface area contributed by atoms with Gasteiger partial charge >= 0.3 is 0 Å². The fourth-order valence-corrected chi connectivity index (χ4v) is 3.81. The maximum Gasteiger partial charge on any atom is 0.266 e. The highest BCUT2D eigenvalue weighted by Crippen LogP contribution is 2.17. The van der Waals surface area contributed by atoms with Gasteiger partial charge in [0, 0.05) is 56.7 Å². The lowest BCUT2D eigenvalue weighted by molar-refractivity contribution is 0.242. The lowest BCUT2D eigenvalue weighted by Crippen LogP contribution is -2.48. The first-order valence-electron chi connectivity index (χ1n) is 10.4. The molecule has 0 N–H and O–H groups in total. The Kier molecular flexibility index (Phi) is 5.37. The van der Waals surface area contributed by atoms with E-state index in [1.54, 1.807) is 29.2 Å². The molecule has 0 saturated carbocycles. The molecule has 1 aliphatic rings. The highest BCUT2D eigenvalue weighted by molar-refractivity contribution is 5.75. The fourth-order valence-electron chi connectivity index (χ4n) is 3.81. The monoisotopic (exact) mass is 413 g/mol. The molecule has 1 saturated heterocycles. The molecule has 0 aliphatic carbocycles. The van der Waals surface area contributed by atoms with E-state index >= 15 is 0 Å². The number of piperazine rings is 1. The topological polar surface area (TPSA) is 80.0 Å². The van der Waals surface area contributed by atoms with Crippen molar-refractivity contribution in [3.8, 4) is 11.3 Å². The second kappa shape index (κ2) is 8.61. The van der Waals surface area contributed by atoms with E-state index in [0.29, 0.717) is 6.54 Å². The van der Waals surface area contributed by atoms with Crippen molar-refractivity contribution in [3.63, 3.8) is 0 Å². The van der Waals surface area contributed by atoms with Gasteiger partial charge in [-0.1, -0.05) is 12.1 Å². The molecule has 0 amide bonds. The molecule has 1 aromatic carbocycles. The van der Waals surface area contributed by atoms with Crippen molar-refractivity contribution in [1.82, 2.24) is 29.6 Å². The van der Waals surface area contributed by atoms with Crippen LogP contribution in [0.15, 0.2) is 71.9 Å². The minimum atomic E-state index is -0.0854. The predicted molar refractivity (Wildman–Crippen MR) is 120 cm³/mol. The molecule has 8 nitrogen and oxygen atoms in total. The van der Waals surface area contributed by atoms with Crippen LogP contribution in [-0.4, -0.2) is 62.4 Å². The van der Waals surface area contributed by atoms with Gasteiger partial charge in [0.25, 0.3) is 5.56 Å². The Labute approximate surface area is 179 Å². The first kappa shape index (κ1) is 19.3. The van der Waals surface area contributed by atoms with Gasteiger partial charge in [-0.2, -0.15) is 5.10 Å². The molecule has 0 radical (unpaired) electrons. The Morgan fingerprint density at radius 3 is 2.48 bits per heavy atom. The normalized spacial score (nSPS) is 14.8. The maximum atomic E-state index is 12.3. The molecule has 4 heterocycles. The Bertz CT molecular complexity index is 1230. The van der Waals surface area contributed by atoms with Gasteiger partial charge in [-0.3, -0.25) is 19.7 Å². The maximum absolute atomic E-state index is 12.3. The third kappa shape index (κ3) is 4.29. The number of nitrogens with zero attached hydrogens (tertiary/aromatic N) is 7. The summed E-state index contributed by atoms with van der Waals surface area (Å²) >= 11 is 0. The Balaban J connectivity index is 1.21. The van der Waals surface area contributed by atoms with Gasteiger partial charge in [-0.25, -0.2) is 9.67 Å². The average Bonchev–Trinajstić information content (AvgIpc) is 2.84. The zero-order valence-electron chi connectivity index (χ0n) is 17.1. The SMILES string of the molecule is O=c1ccc(-c2cccnc2)nn1CCN1CCN(c2cnc3ccccc3n2)CC1. The molecule has 0 bridgehead atoms. The largest absolute Gasteiger partial charge is 0.353 e. The van der Waals surface area contributed by atoms with Crippen LogP contribution in [0.25, 0.3) is 22.3 Å². The summed E-state index contributed by atoms with van der Waals surface area (Å²) in [5.41, 5.74) is 3.41. The van der Waals surface area contributed by atoms with Gasteiger partial charge in [0.2, 0.25) is 0 Å². The molecule has 5 rings (SSSR count). The highest BCUT2D eigenvalue weighted by atomic mass is 16.1. The molecule has 156 valence electrons.